The van der Waals surface area contributed by atoms with Gasteiger partial charge in [-0.05, 0) is 31.0 Å². The van der Waals surface area contributed by atoms with Crippen LogP contribution in [0.4, 0.5) is 4.39 Å². The Labute approximate surface area is 134 Å². The Bertz CT molecular complexity index is 615. The zero-order valence-corrected chi connectivity index (χ0v) is 14.1. The van der Waals surface area contributed by atoms with E-state index < -0.39 is 15.7 Å². The van der Waals surface area contributed by atoms with Gasteiger partial charge in [0, 0.05) is 17.9 Å². The third-order valence-corrected chi connectivity index (χ3v) is 3.90. The van der Waals surface area contributed by atoms with E-state index in [0.29, 0.717) is 6.04 Å². The number of nitrogens with two attached hydrogens (primary N) is 1. The molecule has 1 aliphatic carbocycles. The summed E-state index contributed by atoms with van der Waals surface area (Å²) >= 11 is 0. The van der Waals surface area contributed by atoms with Gasteiger partial charge in [-0.2, -0.15) is 0 Å². The fourth-order valence-electron chi connectivity index (χ4n) is 1.56. The standard InChI is InChI=1S/C12H16FN3O2S.HI/c1-19(17,18)10-4-5-11(13)8(6-10)7-15-12(14)16-9-2-3-9;/h4-6,9H,2-3,7H2,1H3,(H3,14,15,16);1H. The van der Waals surface area contributed by atoms with Crippen molar-refractivity contribution in [2.45, 2.75) is 30.3 Å². The van der Waals surface area contributed by atoms with Crippen molar-refractivity contribution in [2.24, 2.45) is 10.7 Å². The molecule has 20 heavy (non-hydrogen) atoms. The monoisotopic (exact) mass is 413 g/mol. The molecule has 0 spiro atoms. The van der Waals surface area contributed by atoms with Crippen molar-refractivity contribution in [3.63, 3.8) is 0 Å². The van der Waals surface area contributed by atoms with Crippen molar-refractivity contribution in [1.29, 1.82) is 0 Å². The van der Waals surface area contributed by atoms with Crippen LogP contribution in [0.1, 0.15) is 18.4 Å². The number of guanidine groups is 1. The molecule has 1 fully saturated rings. The average Bonchev–Trinajstić information content (AvgIpc) is 3.10. The third-order valence-electron chi connectivity index (χ3n) is 2.79. The van der Waals surface area contributed by atoms with Gasteiger partial charge in [0.15, 0.2) is 15.8 Å². The molecule has 0 aromatic heterocycles. The van der Waals surface area contributed by atoms with Crippen LogP contribution in [0.25, 0.3) is 0 Å². The van der Waals surface area contributed by atoms with Gasteiger partial charge in [0.1, 0.15) is 5.82 Å². The zero-order valence-electron chi connectivity index (χ0n) is 11.0. The first-order valence-electron chi connectivity index (χ1n) is 5.91. The highest BCUT2D eigenvalue weighted by Gasteiger charge is 2.21. The van der Waals surface area contributed by atoms with Gasteiger partial charge in [0.05, 0.1) is 11.4 Å². The minimum atomic E-state index is -3.35. The molecule has 0 bridgehead atoms. The Balaban J connectivity index is 0.00000200. The molecule has 1 aromatic carbocycles. The van der Waals surface area contributed by atoms with E-state index in [1.807, 2.05) is 0 Å². The van der Waals surface area contributed by atoms with Crippen LogP contribution >= 0.6 is 24.0 Å². The molecule has 0 radical (unpaired) electrons. The quantitative estimate of drug-likeness (QED) is 0.339. The van der Waals surface area contributed by atoms with Crippen LogP contribution in [0.2, 0.25) is 0 Å². The first-order valence-corrected chi connectivity index (χ1v) is 7.80. The Morgan fingerprint density at radius 2 is 2.15 bits per heavy atom. The van der Waals surface area contributed by atoms with Crippen molar-refractivity contribution >= 4 is 39.8 Å². The average molecular weight is 413 g/mol. The minimum Gasteiger partial charge on any atom is -0.370 e. The Hall–Kier alpha value is -0.900. The van der Waals surface area contributed by atoms with E-state index in [1.165, 1.54) is 12.1 Å². The van der Waals surface area contributed by atoms with Gasteiger partial charge in [-0.3, -0.25) is 0 Å². The molecule has 0 amide bonds. The summed E-state index contributed by atoms with van der Waals surface area (Å²) in [7, 11) is -3.35. The molecule has 2 rings (SSSR count). The summed E-state index contributed by atoms with van der Waals surface area (Å²) in [5, 5.41) is 2.98. The largest absolute Gasteiger partial charge is 0.370 e. The number of hydrogen-bond donors (Lipinski definition) is 2. The lowest BCUT2D eigenvalue weighted by Crippen LogP contribution is -2.33. The highest BCUT2D eigenvalue weighted by atomic mass is 127. The van der Waals surface area contributed by atoms with Gasteiger partial charge >= 0.3 is 0 Å². The van der Waals surface area contributed by atoms with Gasteiger partial charge in [-0.15, -0.1) is 24.0 Å². The molecule has 5 nitrogen and oxygen atoms in total. The van der Waals surface area contributed by atoms with Crippen LogP contribution in [0.5, 0.6) is 0 Å². The van der Waals surface area contributed by atoms with Crippen molar-refractivity contribution in [1.82, 2.24) is 5.32 Å². The minimum absolute atomic E-state index is 0. The van der Waals surface area contributed by atoms with E-state index in [-0.39, 0.29) is 46.9 Å². The number of nitrogens with zero attached hydrogens (tertiary/aromatic N) is 1. The van der Waals surface area contributed by atoms with E-state index in [9.17, 15) is 12.8 Å². The Morgan fingerprint density at radius 1 is 1.50 bits per heavy atom. The summed E-state index contributed by atoms with van der Waals surface area (Å²) in [6.45, 7) is 0.0146. The van der Waals surface area contributed by atoms with E-state index in [2.05, 4.69) is 10.3 Å². The molecular formula is C12H17FIN3O2S. The summed E-state index contributed by atoms with van der Waals surface area (Å²) in [4.78, 5) is 4.08. The summed E-state index contributed by atoms with van der Waals surface area (Å²) in [5.74, 6) is -0.234. The summed E-state index contributed by atoms with van der Waals surface area (Å²) < 4.78 is 36.3. The zero-order chi connectivity index (χ0) is 14.0. The van der Waals surface area contributed by atoms with Gasteiger partial charge in [0.25, 0.3) is 0 Å². The summed E-state index contributed by atoms with van der Waals surface area (Å²) in [6, 6.07) is 4.03. The van der Waals surface area contributed by atoms with Crippen LogP contribution < -0.4 is 11.1 Å². The number of hydrogen-bond acceptors (Lipinski definition) is 3. The maximum absolute atomic E-state index is 13.6. The number of rotatable bonds is 4. The lowest BCUT2D eigenvalue weighted by Gasteiger charge is -2.05. The number of sulfone groups is 1. The molecular weight excluding hydrogens is 396 g/mol. The van der Waals surface area contributed by atoms with Gasteiger partial charge in [0.2, 0.25) is 0 Å². The van der Waals surface area contributed by atoms with Crippen molar-refractivity contribution < 1.29 is 12.8 Å². The van der Waals surface area contributed by atoms with Gasteiger partial charge < -0.3 is 11.1 Å². The molecule has 0 heterocycles. The van der Waals surface area contributed by atoms with Crippen molar-refractivity contribution in [3.05, 3.63) is 29.6 Å². The molecule has 0 saturated heterocycles. The Morgan fingerprint density at radius 3 is 2.70 bits per heavy atom. The molecule has 112 valence electrons. The van der Waals surface area contributed by atoms with E-state index in [1.54, 1.807) is 0 Å². The molecule has 1 aliphatic rings. The van der Waals surface area contributed by atoms with Crippen molar-refractivity contribution in [2.75, 3.05) is 6.26 Å². The highest BCUT2D eigenvalue weighted by molar-refractivity contribution is 14.0. The van der Waals surface area contributed by atoms with Gasteiger partial charge in [-0.1, -0.05) is 0 Å². The number of halogens is 2. The SMILES string of the molecule is CS(=O)(=O)c1ccc(F)c(CN=C(N)NC2CC2)c1.I. The van der Waals surface area contributed by atoms with Gasteiger partial charge in [-0.25, -0.2) is 17.8 Å². The number of aliphatic imine (C=N–C) groups is 1. The lowest BCUT2D eigenvalue weighted by atomic mass is 10.2. The van der Waals surface area contributed by atoms with Crippen LogP contribution in [0, 0.1) is 5.82 Å². The van der Waals surface area contributed by atoms with Crippen LogP contribution in [-0.2, 0) is 16.4 Å². The third kappa shape index (κ3) is 4.89. The van der Waals surface area contributed by atoms with Crippen molar-refractivity contribution in [3.8, 4) is 0 Å². The van der Waals surface area contributed by atoms with Crippen LogP contribution in [-0.4, -0.2) is 26.7 Å². The molecule has 0 aliphatic heterocycles. The fourth-order valence-corrected chi connectivity index (χ4v) is 2.23. The first kappa shape index (κ1) is 17.2. The molecule has 0 unspecified atom stereocenters. The smallest absolute Gasteiger partial charge is 0.189 e. The second kappa shape index (κ2) is 6.70. The topological polar surface area (TPSA) is 84.5 Å². The lowest BCUT2D eigenvalue weighted by molar-refractivity contribution is 0.597. The molecule has 0 atom stereocenters. The van der Waals surface area contributed by atoms with Crippen LogP contribution in [0.15, 0.2) is 28.1 Å². The predicted molar refractivity (Wildman–Crippen MR) is 86.4 cm³/mol. The fraction of sp³-hybridized carbons (Fsp3) is 0.417. The second-order valence-corrected chi connectivity index (χ2v) is 6.66. The normalized spacial score (nSPS) is 15.6. The molecule has 8 heteroatoms. The summed E-state index contributed by atoms with van der Waals surface area (Å²) in [5.41, 5.74) is 5.85. The maximum Gasteiger partial charge on any atom is 0.189 e. The summed E-state index contributed by atoms with van der Waals surface area (Å²) in [6.07, 6.45) is 3.21. The van der Waals surface area contributed by atoms with E-state index in [0.717, 1.165) is 25.2 Å². The van der Waals surface area contributed by atoms with Crippen LogP contribution in [0.3, 0.4) is 0 Å². The molecule has 3 N–H and O–H groups in total. The number of nitrogens with one attached hydrogen (secondary N) is 1. The first-order chi connectivity index (χ1) is 8.86. The highest BCUT2D eigenvalue weighted by Crippen LogP contribution is 2.18. The van der Waals surface area contributed by atoms with E-state index in [4.69, 9.17) is 5.73 Å². The maximum atomic E-state index is 13.6. The second-order valence-electron chi connectivity index (χ2n) is 4.65. The number of benzene rings is 1. The molecule has 1 aromatic rings. The Kier molecular flexibility index (Phi) is 5.75. The van der Waals surface area contributed by atoms with E-state index >= 15 is 0 Å². The predicted octanol–water partition coefficient (Wildman–Crippen LogP) is 1.41. The molecule has 1 saturated carbocycles.